The number of hydrogen-bond acceptors (Lipinski definition) is 5. The molecule has 0 aliphatic carbocycles. The van der Waals surface area contributed by atoms with Crippen LogP contribution in [0.1, 0.15) is 31.0 Å². The van der Waals surface area contributed by atoms with Crippen LogP contribution in [0, 0.1) is 11.0 Å². The van der Waals surface area contributed by atoms with Gasteiger partial charge in [0, 0.05) is 24.4 Å². The topological polar surface area (TPSA) is 79.3 Å². The molecular weight excluding hydrogens is 535 g/mol. The van der Waals surface area contributed by atoms with Crippen LogP contribution in [0.4, 0.5) is 4.39 Å². The zero-order valence-electron chi connectivity index (χ0n) is 18.0. The molecule has 0 bridgehead atoms. The van der Waals surface area contributed by atoms with E-state index in [2.05, 4.69) is 20.9 Å². The number of aromatic nitrogens is 1. The minimum absolute atomic E-state index is 0.110. The lowest BCUT2D eigenvalue weighted by atomic mass is 10.1. The standard InChI is InChI=1S/C23H23BrClFN2O4S/c1-16(19-4-3-12-27-15-19)28(29,33(30,31)21-9-10-22(24)23(26)14-21)13-11-18-5-7-20(8-6-18)32-17(2)25/h3-10,12,14-17H,11,13H2,1-2H3. The van der Waals surface area contributed by atoms with Gasteiger partial charge in [0.05, 0.1) is 11.0 Å². The van der Waals surface area contributed by atoms with Crippen molar-refractivity contribution in [1.82, 2.24) is 4.98 Å². The summed E-state index contributed by atoms with van der Waals surface area (Å²) in [6.45, 7) is 2.94. The quantitative estimate of drug-likeness (QED) is 0.184. The molecule has 0 radical (unpaired) electrons. The van der Waals surface area contributed by atoms with Gasteiger partial charge in [0.25, 0.3) is 0 Å². The highest BCUT2D eigenvalue weighted by atomic mass is 79.9. The number of alkyl halides is 1. The molecule has 3 rings (SSSR count). The van der Waals surface area contributed by atoms with Crippen molar-refractivity contribution in [3.05, 3.63) is 93.6 Å². The van der Waals surface area contributed by atoms with Crippen LogP contribution in [0.5, 0.6) is 5.75 Å². The van der Waals surface area contributed by atoms with Gasteiger partial charge in [-0.3, -0.25) is 4.98 Å². The van der Waals surface area contributed by atoms with Gasteiger partial charge < -0.3 is 9.94 Å². The molecule has 0 fully saturated rings. The summed E-state index contributed by atoms with van der Waals surface area (Å²) in [6, 6.07) is 12.6. The van der Waals surface area contributed by atoms with Gasteiger partial charge in [-0.05, 0) is 77.8 Å². The van der Waals surface area contributed by atoms with Gasteiger partial charge in [-0.15, -0.1) is 0 Å². The van der Waals surface area contributed by atoms with E-state index >= 15 is 0 Å². The maximum Gasteiger partial charge on any atom is 0.327 e. The van der Waals surface area contributed by atoms with Gasteiger partial charge in [-0.25, -0.2) is 8.44 Å². The van der Waals surface area contributed by atoms with E-state index < -0.39 is 31.5 Å². The monoisotopic (exact) mass is 556 g/mol. The second-order valence-electron chi connectivity index (χ2n) is 7.52. The SMILES string of the molecule is CC(Cl)Oc1ccc(CC[N+]([O-])(C(C)c2cccnc2)S(=O)(=O)c2ccc(Br)c(F)c2)cc1. The molecule has 0 N–H and O–H groups in total. The van der Waals surface area contributed by atoms with Crippen molar-refractivity contribution in [3.63, 3.8) is 0 Å². The molecule has 6 nitrogen and oxygen atoms in total. The molecule has 0 aliphatic rings. The molecule has 3 atom stereocenters. The van der Waals surface area contributed by atoms with Gasteiger partial charge >= 0.3 is 10.0 Å². The highest BCUT2D eigenvalue weighted by Crippen LogP contribution is 2.36. The third kappa shape index (κ3) is 5.73. The van der Waals surface area contributed by atoms with E-state index in [1.54, 1.807) is 49.5 Å². The molecule has 0 aliphatic heterocycles. The summed E-state index contributed by atoms with van der Waals surface area (Å²) in [4.78, 5) is 3.64. The molecular formula is C23H23BrClFN2O4S. The lowest BCUT2D eigenvalue weighted by molar-refractivity contribution is -0.786. The Morgan fingerprint density at radius 1 is 1.18 bits per heavy atom. The Kier molecular flexibility index (Phi) is 8.13. The zero-order chi connectivity index (χ0) is 24.2. The van der Waals surface area contributed by atoms with E-state index in [0.717, 1.165) is 11.6 Å². The summed E-state index contributed by atoms with van der Waals surface area (Å²) in [6.07, 6.45) is 3.18. The van der Waals surface area contributed by atoms with Crippen molar-refractivity contribution in [1.29, 1.82) is 0 Å². The van der Waals surface area contributed by atoms with Crippen LogP contribution in [-0.4, -0.2) is 29.6 Å². The molecule has 33 heavy (non-hydrogen) atoms. The summed E-state index contributed by atoms with van der Waals surface area (Å²) in [7, 11) is -4.53. The number of hydrogen-bond donors (Lipinski definition) is 0. The molecule has 10 heteroatoms. The largest absolute Gasteiger partial charge is 0.616 e. The minimum atomic E-state index is -4.53. The first-order chi connectivity index (χ1) is 15.5. The highest BCUT2D eigenvalue weighted by Gasteiger charge is 2.41. The van der Waals surface area contributed by atoms with Gasteiger partial charge in [-0.2, -0.15) is 8.42 Å². The Morgan fingerprint density at radius 3 is 2.45 bits per heavy atom. The number of ether oxygens (including phenoxy) is 1. The van der Waals surface area contributed by atoms with Gasteiger partial charge in [0.2, 0.25) is 0 Å². The molecule has 176 valence electrons. The maximum atomic E-state index is 14.2. The van der Waals surface area contributed by atoms with Crippen molar-refractivity contribution in [3.8, 4) is 5.75 Å². The third-order valence-corrected chi connectivity index (χ3v) is 8.18. The van der Waals surface area contributed by atoms with Crippen molar-refractivity contribution in [2.45, 2.75) is 36.8 Å². The van der Waals surface area contributed by atoms with Gasteiger partial charge in [-0.1, -0.05) is 23.7 Å². The molecule has 1 aromatic heterocycles. The van der Waals surface area contributed by atoms with Crippen LogP contribution in [0.15, 0.2) is 76.4 Å². The molecule has 0 spiro atoms. The van der Waals surface area contributed by atoms with E-state index in [0.29, 0.717) is 11.3 Å². The van der Waals surface area contributed by atoms with Crippen molar-refractivity contribution in [2.24, 2.45) is 0 Å². The van der Waals surface area contributed by atoms with E-state index in [-0.39, 0.29) is 22.3 Å². The van der Waals surface area contributed by atoms with Crippen LogP contribution in [0.2, 0.25) is 0 Å². The summed E-state index contributed by atoms with van der Waals surface area (Å²) in [5.74, 6) is -0.202. The first-order valence-electron chi connectivity index (χ1n) is 10.1. The highest BCUT2D eigenvalue weighted by molar-refractivity contribution is 9.10. The van der Waals surface area contributed by atoms with Crippen LogP contribution >= 0.6 is 27.5 Å². The lowest BCUT2D eigenvalue weighted by Gasteiger charge is -2.45. The van der Waals surface area contributed by atoms with Gasteiger partial charge in [0.1, 0.15) is 22.5 Å². The average Bonchev–Trinajstić information content (AvgIpc) is 2.79. The lowest BCUT2D eigenvalue weighted by Crippen LogP contribution is -2.50. The van der Waals surface area contributed by atoms with E-state index in [1.165, 1.54) is 25.3 Å². The summed E-state index contributed by atoms with van der Waals surface area (Å²) < 4.78 is 45.2. The number of hydroxylamine groups is 2. The molecule has 1 heterocycles. The first kappa shape index (κ1) is 25.6. The molecule has 0 amide bonds. The maximum absolute atomic E-state index is 14.2. The van der Waals surface area contributed by atoms with Crippen molar-refractivity contribution < 1.29 is 21.6 Å². The Morgan fingerprint density at radius 2 is 1.88 bits per heavy atom. The van der Waals surface area contributed by atoms with Crippen LogP contribution < -0.4 is 4.74 Å². The molecule has 3 unspecified atom stereocenters. The Hall–Kier alpha value is -2.04. The van der Waals surface area contributed by atoms with Crippen molar-refractivity contribution >= 4 is 37.6 Å². The smallest absolute Gasteiger partial charge is 0.327 e. The van der Waals surface area contributed by atoms with Crippen LogP contribution in [-0.2, 0) is 16.4 Å². The first-order valence-corrected chi connectivity index (χ1v) is 12.8. The number of pyridine rings is 1. The van der Waals surface area contributed by atoms with E-state index in [1.807, 2.05) is 0 Å². The molecule has 2 aromatic carbocycles. The summed E-state index contributed by atoms with van der Waals surface area (Å²) in [5.41, 5.74) is 0.714. The fourth-order valence-electron chi connectivity index (χ4n) is 3.40. The number of halogens is 3. The van der Waals surface area contributed by atoms with Crippen LogP contribution in [0.3, 0.4) is 0 Å². The Balaban J connectivity index is 1.97. The molecule has 0 saturated heterocycles. The van der Waals surface area contributed by atoms with Crippen LogP contribution in [0.25, 0.3) is 0 Å². The van der Waals surface area contributed by atoms with Gasteiger partial charge in [0.15, 0.2) is 5.56 Å². The minimum Gasteiger partial charge on any atom is -0.616 e. The second-order valence-corrected chi connectivity index (χ2v) is 11.0. The number of benzene rings is 2. The summed E-state index contributed by atoms with van der Waals surface area (Å²) >= 11 is 8.84. The Labute approximate surface area is 206 Å². The van der Waals surface area contributed by atoms with E-state index in [9.17, 15) is 18.0 Å². The fourth-order valence-corrected chi connectivity index (χ4v) is 5.46. The fraction of sp³-hybridized carbons (Fsp3) is 0.261. The number of quaternary nitrogens is 1. The molecule has 0 saturated carbocycles. The predicted octanol–water partition coefficient (Wildman–Crippen LogP) is 5.95. The second kappa shape index (κ2) is 10.5. The third-order valence-electron chi connectivity index (χ3n) is 5.29. The summed E-state index contributed by atoms with van der Waals surface area (Å²) in [5, 5.41) is 14.2. The van der Waals surface area contributed by atoms with E-state index in [4.69, 9.17) is 16.3 Å². The molecule has 3 aromatic rings. The number of nitrogens with zero attached hydrogens (tertiary/aromatic N) is 2. The van der Waals surface area contributed by atoms with Crippen molar-refractivity contribution in [2.75, 3.05) is 6.54 Å². The Bertz CT molecular complexity index is 1200. The predicted molar refractivity (Wildman–Crippen MR) is 129 cm³/mol. The normalized spacial score (nSPS) is 15.5. The number of sulfonamides is 1. The zero-order valence-corrected chi connectivity index (χ0v) is 21.1. The average molecular weight is 558 g/mol. The number of rotatable bonds is 9.